The first-order valence-corrected chi connectivity index (χ1v) is 7.46. The summed E-state index contributed by atoms with van der Waals surface area (Å²) < 4.78 is 1.77. The Morgan fingerprint density at radius 3 is 2.36 bits per heavy atom. The first kappa shape index (κ1) is 16.5. The maximum atomic E-state index is 12.2. The van der Waals surface area contributed by atoms with Crippen molar-refractivity contribution in [2.45, 2.75) is 65.0 Å². The number of aromatic nitrogens is 2. The first-order chi connectivity index (χ1) is 9.91. The van der Waals surface area contributed by atoms with Crippen LogP contribution in [0.1, 0.15) is 53.7 Å². The van der Waals surface area contributed by atoms with Gasteiger partial charge >= 0.3 is 0 Å². The number of nitro groups is 1. The molecular formula is C15H24N4O3. The molecule has 1 amide bonds. The first-order valence-electron chi connectivity index (χ1n) is 7.46. The van der Waals surface area contributed by atoms with E-state index in [0.717, 1.165) is 5.69 Å². The lowest BCUT2D eigenvalue weighted by Crippen LogP contribution is -2.28. The van der Waals surface area contributed by atoms with Crippen LogP contribution in [0.2, 0.25) is 0 Å². The van der Waals surface area contributed by atoms with E-state index in [2.05, 4.69) is 31.2 Å². The fraction of sp³-hybridized carbons (Fsp3) is 0.733. The highest BCUT2D eigenvalue weighted by Crippen LogP contribution is 2.35. The summed E-state index contributed by atoms with van der Waals surface area (Å²) in [6.45, 7) is 12.2. The number of amides is 1. The SMILES string of the molecule is CC(C)(C)c1cc(NC(=O)[C@@H]2C[C@H]2[N+](=O)[O-])n(C(C)(C)C)n1. The van der Waals surface area contributed by atoms with Crippen LogP contribution in [0.3, 0.4) is 0 Å². The molecule has 0 bridgehead atoms. The minimum Gasteiger partial charge on any atom is -0.310 e. The van der Waals surface area contributed by atoms with Crippen LogP contribution in [0.4, 0.5) is 5.82 Å². The van der Waals surface area contributed by atoms with Crippen molar-refractivity contribution in [2.75, 3.05) is 5.32 Å². The lowest BCUT2D eigenvalue weighted by atomic mass is 9.92. The Morgan fingerprint density at radius 2 is 1.95 bits per heavy atom. The third kappa shape index (κ3) is 3.28. The van der Waals surface area contributed by atoms with Gasteiger partial charge in [0, 0.05) is 22.8 Å². The molecule has 0 aliphatic heterocycles. The zero-order valence-electron chi connectivity index (χ0n) is 14.0. The molecule has 0 saturated heterocycles. The van der Waals surface area contributed by atoms with Crippen molar-refractivity contribution in [1.29, 1.82) is 0 Å². The summed E-state index contributed by atoms with van der Waals surface area (Å²) in [6, 6.07) is 1.11. The van der Waals surface area contributed by atoms with Crippen molar-refractivity contribution in [3.05, 3.63) is 21.9 Å². The minimum absolute atomic E-state index is 0.140. The summed E-state index contributed by atoms with van der Waals surface area (Å²) in [5.74, 6) is -0.236. The second kappa shape index (κ2) is 5.07. The standard InChI is InChI=1S/C15H24N4O3/c1-14(2,3)11-8-12(18(17-11)15(4,5)6)16-13(20)9-7-10(9)19(21)22/h8-10H,7H2,1-6H3,(H,16,20)/t9-,10-/m1/s1. The summed E-state index contributed by atoms with van der Waals surface area (Å²) in [5, 5.41) is 18.1. The molecule has 22 heavy (non-hydrogen) atoms. The molecule has 2 atom stereocenters. The molecule has 1 N–H and O–H groups in total. The van der Waals surface area contributed by atoms with Crippen LogP contribution in [-0.4, -0.2) is 26.7 Å². The van der Waals surface area contributed by atoms with Crippen LogP contribution in [0.15, 0.2) is 6.07 Å². The molecule has 122 valence electrons. The Balaban J connectivity index is 2.25. The van der Waals surface area contributed by atoms with Crippen LogP contribution in [-0.2, 0) is 15.7 Å². The molecule has 2 rings (SSSR count). The largest absolute Gasteiger partial charge is 0.310 e. The second-order valence-corrected chi connectivity index (χ2v) is 7.93. The maximum Gasteiger partial charge on any atom is 0.235 e. The van der Waals surface area contributed by atoms with Gasteiger partial charge in [-0.1, -0.05) is 20.8 Å². The zero-order valence-corrected chi connectivity index (χ0v) is 14.0. The van der Waals surface area contributed by atoms with E-state index in [0.29, 0.717) is 12.2 Å². The molecule has 1 aromatic rings. The van der Waals surface area contributed by atoms with Gasteiger partial charge in [-0.25, -0.2) is 4.68 Å². The Hall–Kier alpha value is -1.92. The van der Waals surface area contributed by atoms with Crippen molar-refractivity contribution in [3.8, 4) is 0 Å². The number of carbonyl (C=O) groups is 1. The number of nitrogens with one attached hydrogen (secondary N) is 1. The fourth-order valence-corrected chi connectivity index (χ4v) is 2.26. The maximum absolute atomic E-state index is 12.2. The van der Waals surface area contributed by atoms with Gasteiger partial charge in [0.05, 0.1) is 11.2 Å². The summed E-state index contributed by atoms with van der Waals surface area (Å²) in [6.07, 6.45) is 0.314. The van der Waals surface area contributed by atoms with Crippen molar-refractivity contribution in [3.63, 3.8) is 0 Å². The minimum atomic E-state index is -0.743. The van der Waals surface area contributed by atoms with E-state index in [1.54, 1.807) is 4.68 Å². The van der Waals surface area contributed by atoms with Crippen molar-refractivity contribution in [2.24, 2.45) is 5.92 Å². The van der Waals surface area contributed by atoms with Crippen molar-refractivity contribution in [1.82, 2.24) is 9.78 Å². The third-order valence-corrected chi connectivity index (χ3v) is 3.73. The highest BCUT2D eigenvalue weighted by molar-refractivity contribution is 5.94. The van der Waals surface area contributed by atoms with Gasteiger partial charge in [-0.2, -0.15) is 5.10 Å². The van der Waals surface area contributed by atoms with Crippen LogP contribution in [0.5, 0.6) is 0 Å². The Morgan fingerprint density at radius 1 is 1.36 bits per heavy atom. The van der Waals surface area contributed by atoms with Gasteiger partial charge < -0.3 is 5.32 Å². The number of hydrogen-bond acceptors (Lipinski definition) is 4. The molecule has 1 saturated carbocycles. The van der Waals surface area contributed by atoms with E-state index in [9.17, 15) is 14.9 Å². The predicted molar refractivity (Wildman–Crippen MR) is 83.4 cm³/mol. The molecule has 0 aromatic carbocycles. The van der Waals surface area contributed by atoms with E-state index >= 15 is 0 Å². The summed E-state index contributed by atoms with van der Waals surface area (Å²) in [5.41, 5.74) is 0.441. The predicted octanol–water partition coefficient (Wildman–Crippen LogP) is 2.54. The van der Waals surface area contributed by atoms with Gasteiger partial charge in [0.1, 0.15) is 11.7 Å². The molecule has 0 radical (unpaired) electrons. The molecule has 7 nitrogen and oxygen atoms in total. The van der Waals surface area contributed by atoms with E-state index in [1.165, 1.54) is 0 Å². The smallest absolute Gasteiger partial charge is 0.235 e. The quantitative estimate of drug-likeness (QED) is 0.686. The van der Waals surface area contributed by atoms with Gasteiger partial charge in [0.25, 0.3) is 0 Å². The highest BCUT2D eigenvalue weighted by Gasteiger charge is 2.53. The molecule has 0 unspecified atom stereocenters. The average Bonchev–Trinajstić information content (AvgIpc) is 3.01. The molecule has 1 fully saturated rings. The lowest BCUT2D eigenvalue weighted by molar-refractivity contribution is -0.497. The van der Waals surface area contributed by atoms with Gasteiger partial charge in [-0.15, -0.1) is 0 Å². The Labute approximate surface area is 130 Å². The molecule has 1 aromatic heterocycles. The molecule has 7 heteroatoms. The van der Waals surface area contributed by atoms with Crippen molar-refractivity contribution >= 4 is 11.7 Å². The van der Waals surface area contributed by atoms with Crippen LogP contribution >= 0.6 is 0 Å². The van der Waals surface area contributed by atoms with Gasteiger partial charge in [0.2, 0.25) is 11.9 Å². The van der Waals surface area contributed by atoms with Crippen molar-refractivity contribution < 1.29 is 9.72 Å². The summed E-state index contributed by atoms with van der Waals surface area (Å²) in [7, 11) is 0. The number of carbonyl (C=O) groups excluding carboxylic acids is 1. The van der Waals surface area contributed by atoms with E-state index < -0.39 is 12.0 Å². The summed E-state index contributed by atoms with van der Waals surface area (Å²) in [4.78, 5) is 22.5. The molecule has 1 heterocycles. The highest BCUT2D eigenvalue weighted by atomic mass is 16.6. The number of anilines is 1. The van der Waals surface area contributed by atoms with Gasteiger partial charge in [-0.3, -0.25) is 14.9 Å². The monoisotopic (exact) mass is 308 g/mol. The van der Waals surface area contributed by atoms with Gasteiger partial charge in [-0.05, 0) is 20.8 Å². The molecule has 1 aliphatic rings. The number of rotatable bonds is 3. The average molecular weight is 308 g/mol. The lowest BCUT2D eigenvalue weighted by Gasteiger charge is -2.23. The summed E-state index contributed by atoms with van der Waals surface area (Å²) >= 11 is 0. The van der Waals surface area contributed by atoms with Crippen LogP contribution < -0.4 is 5.32 Å². The molecular weight excluding hydrogens is 284 g/mol. The number of nitrogens with zero attached hydrogens (tertiary/aromatic N) is 3. The van der Waals surface area contributed by atoms with Gasteiger partial charge in [0.15, 0.2) is 0 Å². The van der Waals surface area contributed by atoms with Crippen LogP contribution in [0, 0.1) is 16.0 Å². The van der Waals surface area contributed by atoms with E-state index in [-0.39, 0.29) is 21.8 Å². The molecule has 0 spiro atoms. The van der Waals surface area contributed by atoms with Crippen LogP contribution in [0.25, 0.3) is 0 Å². The third-order valence-electron chi connectivity index (χ3n) is 3.73. The van der Waals surface area contributed by atoms with E-state index in [1.807, 2.05) is 26.8 Å². The normalized spacial score (nSPS) is 21.5. The molecule has 1 aliphatic carbocycles. The fourth-order valence-electron chi connectivity index (χ4n) is 2.26. The Kier molecular flexibility index (Phi) is 3.79. The van der Waals surface area contributed by atoms with E-state index in [4.69, 9.17) is 0 Å². The second-order valence-electron chi connectivity index (χ2n) is 7.93. The topological polar surface area (TPSA) is 90.1 Å². The zero-order chi connectivity index (χ0) is 16.9. The number of hydrogen-bond donors (Lipinski definition) is 1. The Bertz CT molecular complexity index is 607.